The average molecular weight is 901 g/mol. The van der Waals surface area contributed by atoms with Crippen molar-refractivity contribution in [3.8, 4) is 0 Å². The van der Waals surface area contributed by atoms with Crippen LogP contribution < -0.4 is 5.32 Å². The minimum atomic E-state index is -1.39. The van der Waals surface area contributed by atoms with E-state index in [-0.39, 0.29) is 55.1 Å². The minimum absolute atomic E-state index is 0.0468. The molecule has 10 atom stereocenters. The summed E-state index contributed by atoms with van der Waals surface area (Å²) in [4.78, 5) is 80.0. The van der Waals surface area contributed by atoms with Gasteiger partial charge in [0.15, 0.2) is 6.10 Å². The van der Waals surface area contributed by atoms with Gasteiger partial charge in [0.2, 0.25) is 5.91 Å². The van der Waals surface area contributed by atoms with Crippen LogP contribution in [0.25, 0.3) is 0 Å². The molecule has 64 heavy (non-hydrogen) atoms. The number of hydrogen-bond acceptors (Lipinski definition) is 14. The maximum atomic E-state index is 13.7. The van der Waals surface area contributed by atoms with E-state index >= 15 is 0 Å². The number of epoxide rings is 1. The SMILES string of the molecule is CC[C@H](O)[C@@H](C)[C@H]1O[C@@H]1CC(C)(O)/C=C/C=C(\C)[C@H]1OC(=O)C[C@H](O)CC[C@@](C)(OC(C)=O)[C@@H](OC(=O)N2CCN(CCNC(=O)CCCCCN3C(=O)C=CC3=O)CC2)/C=C/[C@@H]1C. The number of aliphatic hydroxyl groups is 3. The van der Waals surface area contributed by atoms with E-state index in [1.165, 1.54) is 24.0 Å². The molecule has 0 radical (unpaired) electrons. The number of rotatable bonds is 19. The lowest BCUT2D eigenvalue weighted by atomic mass is 9.88. The van der Waals surface area contributed by atoms with Crippen molar-refractivity contribution >= 4 is 35.8 Å². The number of piperazine rings is 1. The standard InChI is InChI=1S/C47H72N4O13/c1-8-36(54)33(4)44-37(61-44)30-46(6,60)20-12-13-31(2)43-32(3)15-16-38(47(7,64-34(5)52)21-19-35(53)29-42(58)63-43)62-45(59)50-27-25-49(26-28-50)24-22-48-39(55)14-10-9-11-23-51-40(56)17-18-41(51)57/h12-13,15-18,20,32-33,35-38,43-44,53-54,60H,8-11,14,19,21-30H2,1-7H3,(H,48,55)/b16-15+,20-12+,31-13+/t32-,33+,35+,36-,37+,38-,43+,44+,46?,47+/m0/s1. The number of unbranched alkanes of at least 4 members (excludes halogenated alkanes) is 2. The zero-order chi connectivity index (χ0) is 47.2. The molecule has 4 heterocycles. The number of esters is 2. The van der Waals surface area contributed by atoms with E-state index in [0.29, 0.717) is 89.9 Å². The lowest BCUT2D eigenvalue weighted by Crippen LogP contribution is -2.53. The third kappa shape index (κ3) is 16.2. The van der Waals surface area contributed by atoms with Crippen LogP contribution >= 0.6 is 0 Å². The fraction of sp³-hybridized carbons (Fsp3) is 0.702. The summed E-state index contributed by atoms with van der Waals surface area (Å²) < 4.78 is 23.6. The van der Waals surface area contributed by atoms with E-state index in [2.05, 4.69) is 10.2 Å². The first-order valence-corrected chi connectivity index (χ1v) is 22.9. The molecule has 0 aromatic carbocycles. The normalized spacial score (nSPS) is 29.6. The van der Waals surface area contributed by atoms with Gasteiger partial charge < -0.3 is 44.5 Å². The lowest BCUT2D eigenvalue weighted by Gasteiger charge is -2.39. The van der Waals surface area contributed by atoms with Crippen LogP contribution in [-0.4, -0.2) is 159 Å². The van der Waals surface area contributed by atoms with Crippen LogP contribution in [0.3, 0.4) is 0 Å². The minimum Gasteiger partial charge on any atom is -0.457 e. The van der Waals surface area contributed by atoms with Gasteiger partial charge in [-0.15, -0.1) is 0 Å². The summed E-state index contributed by atoms with van der Waals surface area (Å²) in [6.07, 6.45) is 9.72. The number of imide groups is 1. The molecule has 0 aliphatic carbocycles. The molecule has 0 bridgehead atoms. The Labute approximate surface area is 377 Å². The maximum absolute atomic E-state index is 13.7. The van der Waals surface area contributed by atoms with Gasteiger partial charge in [0, 0.05) is 89.6 Å². The summed E-state index contributed by atoms with van der Waals surface area (Å²) in [7, 11) is 0. The number of ether oxygens (including phenoxy) is 4. The molecular weight excluding hydrogens is 829 g/mol. The van der Waals surface area contributed by atoms with E-state index < -0.39 is 59.6 Å². The Morgan fingerprint density at radius 2 is 1.73 bits per heavy atom. The van der Waals surface area contributed by atoms with E-state index in [1.54, 1.807) is 56.1 Å². The molecule has 2 fully saturated rings. The van der Waals surface area contributed by atoms with Crippen molar-refractivity contribution in [2.45, 2.75) is 154 Å². The van der Waals surface area contributed by atoms with Gasteiger partial charge in [-0.2, -0.15) is 0 Å². The Bertz CT molecular complexity index is 1740. The number of aliphatic hydroxyl groups excluding tert-OH is 2. The Morgan fingerprint density at radius 1 is 1.05 bits per heavy atom. The number of carbonyl (C=O) groups is 6. The molecular formula is C47H72N4O13. The molecule has 0 aromatic heterocycles. The molecule has 358 valence electrons. The van der Waals surface area contributed by atoms with Crippen LogP contribution in [0.5, 0.6) is 0 Å². The van der Waals surface area contributed by atoms with Crippen LogP contribution in [0.4, 0.5) is 4.79 Å². The summed E-state index contributed by atoms with van der Waals surface area (Å²) in [5.74, 6) is -2.42. The first-order valence-electron chi connectivity index (χ1n) is 22.9. The summed E-state index contributed by atoms with van der Waals surface area (Å²) in [6, 6.07) is 0. The molecule has 2 saturated heterocycles. The molecule has 4 N–H and O–H groups in total. The second-order valence-electron chi connectivity index (χ2n) is 18.2. The van der Waals surface area contributed by atoms with Crippen LogP contribution in [0, 0.1) is 11.8 Å². The van der Waals surface area contributed by atoms with Gasteiger partial charge >= 0.3 is 18.0 Å². The molecule has 17 heteroatoms. The fourth-order valence-electron chi connectivity index (χ4n) is 8.39. The number of carbonyl (C=O) groups excluding carboxylic acids is 6. The molecule has 4 aliphatic rings. The molecule has 1 unspecified atom stereocenters. The topological polar surface area (TPSA) is 225 Å². The number of nitrogens with one attached hydrogen (secondary N) is 1. The van der Waals surface area contributed by atoms with Gasteiger partial charge in [0.05, 0.1) is 36.4 Å². The van der Waals surface area contributed by atoms with Gasteiger partial charge in [-0.05, 0) is 64.5 Å². The first kappa shape index (κ1) is 52.2. The molecule has 0 saturated carbocycles. The summed E-state index contributed by atoms with van der Waals surface area (Å²) in [5.41, 5.74) is -1.95. The summed E-state index contributed by atoms with van der Waals surface area (Å²) >= 11 is 0. The van der Waals surface area contributed by atoms with Crippen molar-refractivity contribution in [2.75, 3.05) is 45.8 Å². The molecule has 17 nitrogen and oxygen atoms in total. The highest BCUT2D eigenvalue weighted by molar-refractivity contribution is 6.12. The molecule has 4 rings (SSSR count). The maximum Gasteiger partial charge on any atom is 0.410 e. The van der Waals surface area contributed by atoms with Gasteiger partial charge in [0.25, 0.3) is 11.8 Å². The van der Waals surface area contributed by atoms with E-state index in [0.717, 1.165) is 0 Å². The highest BCUT2D eigenvalue weighted by Crippen LogP contribution is 2.38. The monoisotopic (exact) mass is 901 g/mol. The number of cyclic esters (lactones) is 1. The van der Waals surface area contributed by atoms with Crippen molar-refractivity contribution in [3.63, 3.8) is 0 Å². The van der Waals surface area contributed by atoms with Crippen LogP contribution in [0.2, 0.25) is 0 Å². The first-order chi connectivity index (χ1) is 30.2. The van der Waals surface area contributed by atoms with Crippen molar-refractivity contribution in [1.82, 2.24) is 20.0 Å². The smallest absolute Gasteiger partial charge is 0.410 e. The summed E-state index contributed by atoms with van der Waals surface area (Å²) in [5, 5.41) is 35.2. The van der Waals surface area contributed by atoms with Crippen molar-refractivity contribution in [1.29, 1.82) is 0 Å². The molecule has 4 amide bonds. The molecule has 0 spiro atoms. The largest absolute Gasteiger partial charge is 0.457 e. The van der Waals surface area contributed by atoms with Gasteiger partial charge in [-0.3, -0.25) is 33.8 Å². The second-order valence-corrected chi connectivity index (χ2v) is 18.2. The van der Waals surface area contributed by atoms with Crippen molar-refractivity contribution in [3.05, 3.63) is 48.1 Å². The Hall–Kier alpha value is -4.42. The van der Waals surface area contributed by atoms with Crippen molar-refractivity contribution in [2.24, 2.45) is 11.8 Å². The van der Waals surface area contributed by atoms with E-state index in [4.69, 9.17) is 18.9 Å². The average Bonchev–Trinajstić information content (AvgIpc) is 3.92. The zero-order valence-corrected chi connectivity index (χ0v) is 38.7. The lowest BCUT2D eigenvalue weighted by molar-refractivity contribution is -0.168. The molecule has 4 aliphatic heterocycles. The molecule has 0 aromatic rings. The second kappa shape index (κ2) is 24.2. The van der Waals surface area contributed by atoms with Crippen LogP contribution in [0.1, 0.15) is 106 Å². The Morgan fingerprint density at radius 3 is 2.39 bits per heavy atom. The third-order valence-corrected chi connectivity index (χ3v) is 12.5. The van der Waals surface area contributed by atoms with Gasteiger partial charge in [0.1, 0.15) is 11.7 Å². The number of hydrogen-bond donors (Lipinski definition) is 4. The van der Waals surface area contributed by atoms with Crippen LogP contribution in [0.15, 0.2) is 48.1 Å². The van der Waals surface area contributed by atoms with Crippen LogP contribution in [-0.2, 0) is 42.9 Å². The van der Waals surface area contributed by atoms with Gasteiger partial charge in [-0.25, -0.2) is 4.79 Å². The summed E-state index contributed by atoms with van der Waals surface area (Å²) in [6.45, 7) is 15.2. The van der Waals surface area contributed by atoms with E-state index in [1.807, 2.05) is 20.8 Å². The number of allylic oxidation sites excluding steroid dienone is 2. The Balaban J connectivity index is 1.33. The fourth-order valence-corrected chi connectivity index (χ4v) is 8.39. The van der Waals surface area contributed by atoms with Gasteiger partial charge in [-0.1, -0.05) is 51.5 Å². The quantitative estimate of drug-likeness (QED) is 0.0277. The highest BCUT2D eigenvalue weighted by Gasteiger charge is 2.47. The predicted molar refractivity (Wildman–Crippen MR) is 236 cm³/mol. The Kier molecular flexibility index (Phi) is 19.7. The zero-order valence-electron chi connectivity index (χ0n) is 38.7. The van der Waals surface area contributed by atoms with Crippen molar-refractivity contribution < 1.29 is 63.0 Å². The third-order valence-electron chi connectivity index (χ3n) is 12.5. The van der Waals surface area contributed by atoms with E-state index in [9.17, 15) is 44.1 Å². The predicted octanol–water partition coefficient (Wildman–Crippen LogP) is 3.50. The number of amides is 4. The highest BCUT2D eigenvalue weighted by atomic mass is 16.6. The number of nitrogens with zero attached hydrogens (tertiary/aromatic N) is 3.